The lowest BCUT2D eigenvalue weighted by molar-refractivity contribution is 0.580. The molecular weight excluding hydrogens is 190 g/mol. The number of anilines is 1. The molecule has 0 atom stereocenters. The van der Waals surface area contributed by atoms with Gasteiger partial charge in [0.1, 0.15) is 5.69 Å². The topological polar surface area (TPSA) is 64.9 Å². The van der Waals surface area contributed by atoms with Crippen molar-refractivity contribution < 1.29 is 4.42 Å². The van der Waals surface area contributed by atoms with Crippen LogP contribution >= 0.6 is 11.6 Å². The Labute approximate surface area is 79.4 Å². The maximum Gasteiger partial charge on any atom is 0.220 e. The molecule has 13 heavy (non-hydrogen) atoms. The lowest BCUT2D eigenvalue weighted by atomic mass is 10.3. The summed E-state index contributed by atoms with van der Waals surface area (Å²) in [6.45, 7) is 0. The van der Waals surface area contributed by atoms with Crippen LogP contribution in [0, 0.1) is 0 Å². The summed E-state index contributed by atoms with van der Waals surface area (Å²) in [6, 6.07) is 3.51. The quantitative estimate of drug-likeness (QED) is 0.756. The number of furan rings is 1. The van der Waals surface area contributed by atoms with E-state index in [0.29, 0.717) is 16.5 Å². The summed E-state index contributed by atoms with van der Waals surface area (Å²) in [5.74, 6) is 0.759. The summed E-state index contributed by atoms with van der Waals surface area (Å²) in [4.78, 5) is 7.70. The Morgan fingerprint density at radius 1 is 1.46 bits per heavy atom. The minimum Gasteiger partial charge on any atom is -0.463 e. The van der Waals surface area contributed by atoms with E-state index in [9.17, 15) is 0 Å². The number of halogens is 1. The Hall–Kier alpha value is -1.55. The Kier molecular flexibility index (Phi) is 1.90. The highest BCUT2D eigenvalue weighted by Gasteiger charge is 2.08. The van der Waals surface area contributed by atoms with Gasteiger partial charge in [0.05, 0.1) is 17.5 Å². The normalized spacial score (nSPS) is 10.2. The lowest BCUT2D eigenvalue weighted by Gasteiger charge is -1.99. The first-order valence-corrected chi connectivity index (χ1v) is 3.97. The van der Waals surface area contributed by atoms with Crippen LogP contribution in [0.4, 0.5) is 5.95 Å². The van der Waals surface area contributed by atoms with E-state index in [1.54, 1.807) is 18.4 Å². The molecule has 5 heteroatoms. The second-order valence-electron chi connectivity index (χ2n) is 2.40. The first-order chi connectivity index (χ1) is 6.27. The highest BCUT2D eigenvalue weighted by atomic mass is 35.5. The van der Waals surface area contributed by atoms with Gasteiger partial charge >= 0.3 is 0 Å². The predicted octanol–water partition coefficient (Wildman–Crippen LogP) is 1.97. The molecule has 2 heterocycles. The Bertz CT molecular complexity index is 413. The van der Waals surface area contributed by atoms with Gasteiger partial charge in [-0.1, -0.05) is 11.6 Å². The van der Waals surface area contributed by atoms with Crippen LogP contribution in [0.3, 0.4) is 0 Å². The second kappa shape index (κ2) is 3.06. The molecule has 2 rings (SSSR count). The van der Waals surface area contributed by atoms with Crippen LogP contribution < -0.4 is 5.73 Å². The maximum absolute atomic E-state index is 5.85. The van der Waals surface area contributed by atoms with E-state index in [1.165, 1.54) is 6.20 Å². The minimum atomic E-state index is 0.177. The highest BCUT2D eigenvalue weighted by Crippen LogP contribution is 2.25. The number of rotatable bonds is 1. The van der Waals surface area contributed by atoms with Gasteiger partial charge in [0.25, 0.3) is 0 Å². The average Bonchev–Trinajstić information content (AvgIpc) is 2.61. The molecular formula is C8H6ClN3O. The molecule has 0 unspecified atom stereocenters. The van der Waals surface area contributed by atoms with Crippen LogP contribution in [-0.4, -0.2) is 9.97 Å². The van der Waals surface area contributed by atoms with Gasteiger partial charge in [-0.15, -0.1) is 0 Å². The molecule has 0 radical (unpaired) electrons. The van der Waals surface area contributed by atoms with Gasteiger partial charge in [0.15, 0.2) is 5.76 Å². The van der Waals surface area contributed by atoms with Crippen LogP contribution in [-0.2, 0) is 0 Å². The third-order valence-corrected chi connectivity index (χ3v) is 1.79. The molecule has 0 saturated heterocycles. The number of nitrogen functional groups attached to an aromatic ring is 1. The van der Waals surface area contributed by atoms with E-state index < -0.39 is 0 Å². The molecule has 0 amide bonds. The number of hydrogen-bond acceptors (Lipinski definition) is 4. The summed E-state index contributed by atoms with van der Waals surface area (Å²) >= 11 is 5.85. The predicted molar refractivity (Wildman–Crippen MR) is 49.2 cm³/mol. The molecule has 0 bridgehead atoms. The highest BCUT2D eigenvalue weighted by molar-refractivity contribution is 6.32. The van der Waals surface area contributed by atoms with Crippen LogP contribution in [0.5, 0.6) is 0 Å². The van der Waals surface area contributed by atoms with Crippen molar-refractivity contribution in [2.45, 2.75) is 0 Å². The molecule has 2 aromatic heterocycles. The van der Waals surface area contributed by atoms with E-state index in [0.717, 1.165) is 0 Å². The SMILES string of the molecule is Nc1ncc(Cl)c(-c2ccco2)n1. The molecule has 0 fully saturated rings. The van der Waals surface area contributed by atoms with Crippen LogP contribution in [0.1, 0.15) is 0 Å². The van der Waals surface area contributed by atoms with Gasteiger partial charge in [-0.3, -0.25) is 0 Å². The molecule has 4 nitrogen and oxygen atoms in total. The molecule has 0 aliphatic carbocycles. The zero-order valence-corrected chi connectivity index (χ0v) is 7.32. The van der Waals surface area contributed by atoms with E-state index in [1.807, 2.05) is 0 Å². The van der Waals surface area contributed by atoms with Gasteiger partial charge in [-0.2, -0.15) is 0 Å². The Morgan fingerprint density at radius 3 is 3.00 bits per heavy atom. The monoisotopic (exact) mass is 195 g/mol. The first kappa shape index (κ1) is 8.07. The summed E-state index contributed by atoms with van der Waals surface area (Å²) in [7, 11) is 0. The Balaban J connectivity index is 2.57. The van der Waals surface area contributed by atoms with Crippen molar-refractivity contribution >= 4 is 17.5 Å². The molecule has 2 aromatic rings. The molecule has 0 spiro atoms. The number of nitrogens with two attached hydrogens (primary N) is 1. The van der Waals surface area contributed by atoms with Crippen molar-refractivity contribution in [1.29, 1.82) is 0 Å². The number of nitrogens with zero attached hydrogens (tertiary/aromatic N) is 2. The summed E-state index contributed by atoms with van der Waals surface area (Å²) < 4.78 is 5.13. The van der Waals surface area contributed by atoms with E-state index in [-0.39, 0.29) is 5.95 Å². The lowest BCUT2D eigenvalue weighted by Crippen LogP contribution is -1.95. The Morgan fingerprint density at radius 2 is 2.31 bits per heavy atom. The number of hydrogen-bond donors (Lipinski definition) is 1. The molecule has 0 aliphatic rings. The third kappa shape index (κ3) is 1.48. The van der Waals surface area contributed by atoms with E-state index in [4.69, 9.17) is 21.8 Å². The summed E-state index contributed by atoms with van der Waals surface area (Å²) in [5.41, 5.74) is 5.92. The van der Waals surface area contributed by atoms with Gasteiger partial charge in [-0.05, 0) is 12.1 Å². The van der Waals surface area contributed by atoms with Crippen molar-refractivity contribution in [2.24, 2.45) is 0 Å². The molecule has 0 aromatic carbocycles. The van der Waals surface area contributed by atoms with Crippen LogP contribution in [0.15, 0.2) is 29.0 Å². The van der Waals surface area contributed by atoms with Crippen molar-refractivity contribution in [3.05, 3.63) is 29.6 Å². The van der Waals surface area contributed by atoms with Crippen molar-refractivity contribution in [1.82, 2.24) is 9.97 Å². The van der Waals surface area contributed by atoms with Crippen LogP contribution in [0.2, 0.25) is 5.02 Å². The van der Waals surface area contributed by atoms with Crippen molar-refractivity contribution in [3.8, 4) is 11.5 Å². The van der Waals surface area contributed by atoms with Crippen molar-refractivity contribution in [2.75, 3.05) is 5.73 Å². The fourth-order valence-corrected chi connectivity index (χ4v) is 1.15. The van der Waals surface area contributed by atoms with Crippen LogP contribution in [0.25, 0.3) is 11.5 Å². The molecule has 0 saturated carbocycles. The fourth-order valence-electron chi connectivity index (χ4n) is 0.967. The zero-order chi connectivity index (χ0) is 9.26. The summed E-state index contributed by atoms with van der Waals surface area (Å²) in [6.07, 6.45) is 2.99. The largest absolute Gasteiger partial charge is 0.463 e. The second-order valence-corrected chi connectivity index (χ2v) is 2.81. The van der Waals surface area contributed by atoms with Gasteiger partial charge < -0.3 is 10.2 Å². The third-order valence-electron chi connectivity index (χ3n) is 1.52. The van der Waals surface area contributed by atoms with E-state index in [2.05, 4.69) is 9.97 Å². The van der Waals surface area contributed by atoms with Crippen molar-refractivity contribution in [3.63, 3.8) is 0 Å². The average molecular weight is 196 g/mol. The molecule has 0 aliphatic heterocycles. The number of aromatic nitrogens is 2. The maximum atomic E-state index is 5.85. The fraction of sp³-hybridized carbons (Fsp3) is 0. The minimum absolute atomic E-state index is 0.177. The first-order valence-electron chi connectivity index (χ1n) is 3.59. The zero-order valence-electron chi connectivity index (χ0n) is 6.57. The standard InChI is InChI=1S/C8H6ClN3O/c9-5-4-11-8(10)12-7(5)6-2-1-3-13-6/h1-4H,(H2,10,11,12). The van der Waals surface area contributed by atoms with Gasteiger partial charge in [-0.25, -0.2) is 9.97 Å². The summed E-state index contributed by atoms with van der Waals surface area (Å²) in [5, 5.41) is 0.421. The molecule has 66 valence electrons. The molecule has 2 N–H and O–H groups in total. The van der Waals surface area contributed by atoms with Gasteiger partial charge in [0, 0.05) is 0 Å². The van der Waals surface area contributed by atoms with E-state index >= 15 is 0 Å². The van der Waals surface area contributed by atoms with Gasteiger partial charge in [0.2, 0.25) is 5.95 Å². The smallest absolute Gasteiger partial charge is 0.220 e.